The zero-order valence-corrected chi connectivity index (χ0v) is 15.3. The van der Waals surface area contributed by atoms with Gasteiger partial charge in [0.2, 0.25) is 0 Å². The summed E-state index contributed by atoms with van der Waals surface area (Å²) in [5.41, 5.74) is 0.146. The van der Waals surface area contributed by atoms with E-state index in [9.17, 15) is 14.9 Å². The number of carbonyl (C=O) groups excluding carboxylic acids is 1. The maximum atomic E-state index is 12.4. The first-order valence-corrected chi connectivity index (χ1v) is 7.91. The number of anilines is 1. The molecule has 9 heteroatoms. The van der Waals surface area contributed by atoms with Crippen molar-refractivity contribution >= 4 is 17.3 Å². The number of methoxy groups -OCH3 is 3. The summed E-state index contributed by atoms with van der Waals surface area (Å²) in [6, 6.07) is 9.02. The van der Waals surface area contributed by atoms with E-state index in [1.54, 1.807) is 18.2 Å². The number of amides is 1. The summed E-state index contributed by atoms with van der Waals surface area (Å²) in [6.45, 7) is 1.49. The fourth-order valence-corrected chi connectivity index (χ4v) is 2.23. The third-order valence-electron chi connectivity index (χ3n) is 3.65. The van der Waals surface area contributed by atoms with Crippen LogP contribution < -0.4 is 24.3 Å². The van der Waals surface area contributed by atoms with Crippen molar-refractivity contribution in [2.45, 2.75) is 13.0 Å². The van der Waals surface area contributed by atoms with Gasteiger partial charge >= 0.3 is 5.69 Å². The normalized spacial score (nSPS) is 11.3. The summed E-state index contributed by atoms with van der Waals surface area (Å²) in [6.07, 6.45) is -0.991. The topological polar surface area (TPSA) is 109 Å². The Morgan fingerprint density at radius 1 is 1.00 bits per heavy atom. The molecule has 2 aromatic carbocycles. The third-order valence-corrected chi connectivity index (χ3v) is 3.65. The van der Waals surface area contributed by atoms with Crippen molar-refractivity contribution in [1.82, 2.24) is 0 Å². The van der Waals surface area contributed by atoms with Crippen LogP contribution in [0.15, 0.2) is 36.4 Å². The minimum absolute atomic E-state index is 0.0355. The molecule has 0 fully saturated rings. The molecule has 0 spiro atoms. The van der Waals surface area contributed by atoms with Crippen molar-refractivity contribution in [2.75, 3.05) is 26.6 Å². The van der Waals surface area contributed by atoms with E-state index in [1.165, 1.54) is 46.5 Å². The van der Waals surface area contributed by atoms with Gasteiger partial charge in [0.25, 0.3) is 5.91 Å². The lowest BCUT2D eigenvalue weighted by Crippen LogP contribution is -2.30. The third kappa shape index (κ3) is 5.00. The van der Waals surface area contributed by atoms with Gasteiger partial charge in [-0.15, -0.1) is 0 Å². The average Bonchev–Trinajstić information content (AvgIpc) is 2.67. The molecule has 0 aliphatic rings. The van der Waals surface area contributed by atoms with Crippen LogP contribution in [0.2, 0.25) is 0 Å². The highest BCUT2D eigenvalue weighted by molar-refractivity contribution is 5.94. The van der Waals surface area contributed by atoms with E-state index >= 15 is 0 Å². The number of benzene rings is 2. The highest BCUT2D eigenvalue weighted by Gasteiger charge is 2.22. The zero-order chi connectivity index (χ0) is 20.0. The lowest BCUT2D eigenvalue weighted by molar-refractivity contribution is -0.386. The monoisotopic (exact) mass is 376 g/mol. The van der Waals surface area contributed by atoms with E-state index < -0.39 is 16.9 Å². The van der Waals surface area contributed by atoms with Gasteiger partial charge in [0.05, 0.1) is 32.3 Å². The first-order chi connectivity index (χ1) is 12.9. The van der Waals surface area contributed by atoms with Gasteiger partial charge in [-0.1, -0.05) is 0 Å². The summed E-state index contributed by atoms with van der Waals surface area (Å²) in [4.78, 5) is 23.0. The molecule has 27 heavy (non-hydrogen) atoms. The lowest BCUT2D eigenvalue weighted by atomic mass is 10.2. The van der Waals surface area contributed by atoms with Crippen LogP contribution in [0.3, 0.4) is 0 Å². The minimum Gasteiger partial charge on any atom is -0.497 e. The molecule has 9 nitrogen and oxygen atoms in total. The van der Waals surface area contributed by atoms with Crippen molar-refractivity contribution in [3.63, 3.8) is 0 Å². The fraction of sp³-hybridized carbons (Fsp3) is 0.278. The molecule has 0 bridgehead atoms. The Morgan fingerprint density at radius 3 is 2.11 bits per heavy atom. The molecular weight excluding hydrogens is 356 g/mol. The van der Waals surface area contributed by atoms with Gasteiger partial charge in [0, 0.05) is 23.9 Å². The van der Waals surface area contributed by atoms with Crippen LogP contribution in [0.4, 0.5) is 11.4 Å². The molecule has 2 aromatic rings. The Balaban J connectivity index is 2.16. The number of carbonyl (C=O) groups is 1. The Labute approximate surface area is 155 Å². The Morgan fingerprint density at radius 2 is 1.59 bits per heavy atom. The first-order valence-electron chi connectivity index (χ1n) is 7.91. The molecule has 0 heterocycles. The fourth-order valence-electron chi connectivity index (χ4n) is 2.23. The predicted octanol–water partition coefficient (Wildman–Crippen LogP) is 3.03. The SMILES string of the molecule is COc1cc(NC(=O)[C@@H](C)Oc2ccc(OC)cc2[N+](=O)[O-])cc(OC)c1. The number of nitrogens with zero attached hydrogens (tertiary/aromatic N) is 1. The molecule has 0 radical (unpaired) electrons. The van der Waals surface area contributed by atoms with Crippen LogP contribution in [0.25, 0.3) is 0 Å². The minimum atomic E-state index is -0.991. The molecule has 0 saturated carbocycles. The van der Waals surface area contributed by atoms with Crippen LogP contribution in [-0.2, 0) is 4.79 Å². The maximum Gasteiger partial charge on any atom is 0.314 e. The highest BCUT2D eigenvalue weighted by Crippen LogP contribution is 2.32. The molecule has 144 valence electrons. The van der Waals surface area contributed by atoms with Crippen LogP contribution in [0.1, 0.15) is 6.92 Å². The number of nitro benzene ring substituents is 1. The average molecular weight is 376 g/mol. The molecule has 0 saturated heterocycles. The summed E-state index contributed by atoms with van der Waals surface area (Å²) >= 11 is 0. The molecule has 1 N–H and O–H groups in total. The second-order valence-corrected chi connectivity index (χ2v) is 5.44. The number of nitro groups is 1. The predicted molar refractivity (Wildman–Crippen MR) is 97.9 cm³/mol. The smallest absolute Gasteiger partial charge is 0.314 e. The van der Waals surface area contributed by atoms with Gasteiger partial charge in [0.1, 0.15) is 17.2 Å². The molecule has 1 atom stereocenters. The number of ether oxygens (including phenoxy) is 4. The van der Waals surface area contributed by atoms with Gasteiger partial charge < -0.3 is 24.3 Å². The van der Waals surface area contributed by atoms with Crippen LogP contribution in [0.5, 0.6) is 23.0 Å². The van der Waals surface area contributed by atoms with Crippen molar-refractivity contribution in [3.05, 3.63) is 46.5 Å². The molecular formula is C18H20N2O7. The second-order valence-electron chi connectivity index (χ2n) is 5.44. The van der Waals surface area contributed by atoms with E-state index in [-0.39, 0.29) is 11.4 Å². The molecule has 2 rings (SSSR count). The van der Waals surface area contributed by atoms with E-state index in [0.717, 1.165) is 0 Å². The molecule has 0 unspecified atom stereocenters. The number of nitrogens with one attached hydrogen (secondary N) is 1. The van der Waals surface area contributed by atoms with Crippen molar-refractivity contribution in [3.8, 4) is 23.0 Å². The standard InChI is InChI=1S/C18H20N2O7/c1-11(27-17-6-5-13(24-2)10-16(17)20(22)23)18(21)19-12-7-14(25-3)9-15(8-12)26-4/h5-11H,1-4H3,(H,19,21)/t11-/m1/s1. The summed E-state index contributed by atoms with van der Waals surface area (Å²) in [7, 11) is 4.39. The Kier molecular flexibility index (Phi) is 6.42. The first kappa shape index (κ1) is 19.8. The van der Waals surface area contributed by atoms with Gasteiger partial charge in [-0.3, -0.25) is 14.9 Å². The number of hydrogen-bond donors (Lipinski definition) is 1. The number of hydrogen-bond acceptors (Lipinski definition) is 7. The van der Waals surface area contributed by atoms with Gasteiger partial charge in [0.15, 0.2) is 11.9 Å². The lowest BCUT2D eigenvalue weighted by Gasteiger charge is -2.16. The molecule has 1 amide bonds. The van der Waals surface area contributed by atoms with Crippen molar-refractivity contribution < 1.29 is 28.7 Å². The highest BCUT2D eigenvalue weighted by atomic mass is 16.6. The molecule has 0 aliphatic carbocycles. The number of rotatable bonds is 8. The van der Waals surface area contributed by atoms with Gasteiger partial charge in [-0.2, -0.15) is 0 Å². The summed E-state index contributed by atoms with van der Waals surface area (Å²) < 4.78 is 20.8. The van der Waals surface area contributed by atoms with Gasteiger partial charge in [-0.05, 0) is 19.1 Å². The van der Waals surface area contributed by atoms with Crippen LogP contribution in [-0.4, -0.2) is 38.3 Å². The van der Waals surface area contributed by atoms with E-state index in [0.29, 0.717) is 22.9 Å². The maximum absolute atomic E-state index is 12.4. The zero-order valence-electron chi connectivity index (χ0n) is 15.3. The van der Waals surface area contributed by atoms with Crippen molar-refractivity contribution in [2.24, 2.45) is 0 Å². The Bertz CT molecular complexity index is 816. The summed E-state index contributed by atoms with van der Waals surface area (Å²) in [5.74, 6) is 0.796. The van der Waals surface area contributed by atoms with E-state index in [2.05, 4.69) is 5.32 Å². The molecule has 0 aliphatic heterocycles. The van der Waals surface area contributed by atoms with Gasteiger partial charge in [-0.25, -0.2) is 0 Å². The quantitative estimate of drug-likeness (QED) is 0.557. The molecule has 0 aromatic heterocycles. The Hall–Kier alpha value is -3.49. The van der Waals surface area contributed by atoms with Crippen LogP contribution >= 0.6 is 0 Å². The van der Waals surface area contributed by atoms with E-state index in [1.807, 2.05) is 0 Å². The van der Waals surface area contributed by atoms with E-state index in [4.69, 9.17) is 18.9 Å². The van der Waals surface area contributed by atoms with Crippen LogP contribution in [0, 0.1) is 10.1 Å². The summed E-state index contributed by atoms with van der Waals surface area (Å²) in [5, 5.41) is 13.9. The second kappa shape index (κ2) is 8.75. The largest absolute Gasteiger partial charge is 0.497 e. The van der Waals surface area contributed by atoms with Crippen molar-refractivity contribution in [1.29, 1.82) is 0 Å².